The number of carbonyl (C=O) groups excluding carboxylic acids is 1. The quantitative estimate of drug-likeness (QED) is 0.378. The Balaban J connectivity index is 1.62. The lowest BCUT2D eigenvalue weighted by Crippen LogP contribution is -2.40. The summed E-state index contributed by atoms with van der Waals surface area (Å²) in [6.45, 7) is 4.30. The van der Waals surface area contributed by atoms with E-state index in [4.69, 9.17) is 20.9 Å². The summed E-state index contributed by atoms with van der Waals surface area (Å²) in [4.78, 5) is 25.3. The van der Waals surface area contributed by atoms with Crippen LogP contribution in [0.1, 0.15) is 35.7 Å². The largest absolute Gasteiger partial charge is 0.478 e. The zero-order chi connectivity index (χ0) is 24.3. The molecule has 1 amide bonds. The molecule has 0 bridgehead atoms. The molecule has 4 aromatic rings. The summed E-state index contributed by atoms with van der Waals surface area (Å²) in [6.07, 6.45) is 2.69. The Kier molecular flexibility index (Phi) is 6.55. The molecule has 0 aliphatic carbocycles. The molecule has 0 aromatic carbocycles. The maximum atomic E-state index is 13.1. The van der Waals surface area contributed by atoms with E-state index >= 15 is 0 Å². The number of hydrogen-bond donors (Lipinski definition) is 1. The molecule has 4 heterocycles. The van der Waals surface area contributed by atoms with Crippen LogP contribution in [0.4, 0.5) is 4.39 Å². The molecule has 0 aliphatic heterocycles. The lowest BCUT2D eigenvalue weighted by molar-refractivity contribution is 0.0933. The number of ether oxygens (including phenoxy) is 1. The van der Waals surface area contributed by atoms with Gasteiger partial charge in [0, 0.05) is 19.2 Å². The van der Waals surface area contributed by atoms with Crippen molar-refractivity contribution in [2.24, 2.45) is 7.05 Å². The van der Waals surface area contributed by atoms with Crippen LogP contribution in [-0.4, -0.2) is 48.9 Å². The average Bonchev–Trinajstić information content (AvgIpc) is 3.46. The molecule has 0 radical (unpaired) electrons. The number of aromatic nitrogens is 6. The second-order valence-electron chi connectivity index (χ2n) is 7.57. The predicted octanol–water partition coefficient (Wildman–Crippen LogP) is 3.19. The van der Waals surface area contributed by atoms with E-state index in [0.717, 1.165) is 11.8 Å². The Morgan fingerprint density at radius 3 is 2.79 bits per heavy atom. The normalized spacial score (nSPS) is 12.9. The van der Waals surface area contributed by atoms with Gasteiger partial charge in [-0.05, 0) is 38.1 Å². The molecule has 10 nitrogen and oxygen atoms in total. The molecule has 0 spiro atoms. The van der Waals surface area contributed by atoms with E-state index in [1.54, 1.807) is 30.1 Å². The molecule has 176 valence electrons. The van der Waals surface area contributed by atoms with Crippen LogP contribution >= 0.6 is 11.6 Å². The SMILES string of the molecule is CCOc1c(C(C)(CNC(=O)c2noc(-c3ccc(F)cn3)n2)c2cccc(Cl)n2)cnn1C. The van der Waals surface area contributed by atoms with Crippen molar-refractivity contribution in [3.8, 4) is 17.5 Å². The van der Waals surface area contributed by atoms with E-state index in [1.165, 1.54) is 12.1 Å². The second kappa shape index (κ2) is 9.56. The smallest absolute Gasteiger partial charge is 0.292 e. The monoisotopic (exact) mass is 485 g/mol. The van der Waals surface area contributed by atoms with Gasteiger partial charge >= 0.3 is 0 Å². The van der Waals surface area contributed by atoms with Crippen LogP contribution in [0.25, 0.3) is 11.6 Å². The van der Waals surface area contributed by atoms with Crippen LogP contribution in [0, 0.1) is 5.82 Å². The number of halogens is 2. The second-order valence-corrected chi connectivity index (χ2v) is 7.95. The van der Waals surface area contributed by atoms with Crippen molar-refractivity contribution in [2.45, 2.75) is 19.3 Å². The first kappa shape index (κ1) is 23.3. The first-order valence-corrected chi connectivity index (χ1v) is 10.7. The van der Waals surface area contributed by atoms with Gasteiger partial charge in [-0.3, -0.25) is 4.79 Å². The third-order valence-corrected chi connectivity index (χ3v) is 5.43. The van der Waals surface area contributed by atoms with E-state index in [-0.39, 0.29) is 24.0 Å². The van der Waals surface area contributed by atoms with Gasteiger partial charge in [0.25, 0.3) is 17.6 Å². The molecule has 1 atom stereocenters. The predicted molar refractivity (Wildman–Crippen MR) is 120 cm³/mol. The molecular formula is C22H21ClFN7O3. The number of hydrogen-bond acceptors (Lipinski definition) is 8. The Hall–Kier alpha value is -3.86. The third-order valence-electron chi connectivity index (χ3n) is 5.22. The van der Waals surface area contributed by atoms with Crippen molar-refractivity contribution in [3.05, 3.63) is 70.8 Å². The van der Waals surface area contributed by atoms with Crippen molar-refractivity contribution in [3.63, 3.8) is 0 Å². The summed E-state index contributed by atoms with van der Waals surface area (Å²) < 4.78 is 25.6. The lowest BCUT2D eigenvalue weighted by atomic mass is 9.80. The van der Waals surface area contributed by atoms with Crippen LogP contribution in [0.15, 0.2) is 47.2 Å². The van der Waals surface area contributed by atoms with Crippen molar-refractivity contribution < 1.29 is 18.4 Å². The maximum absolute atomic E-state index is 13.1. The van der Waals surface area contributed by atoms with Gasteiger partial charge < -0.3 is 14.6 Å². The van der Waals surface area contributed by atoms with Crippen LogP contribution in [0.5, 0.6) is 5.88 Å². The zero-order valence-corrected chi connectivity index (χ0v) is 19.4. The fourth-order valence-corrected chi connectivity index (χ4v) is 3.57. The summed E-state index contributed by atoms with van der Waals surface area (Å²) in [6, 6.07) is 7.85. The van der Waals surface area contributed by atoms with Crippen LogP contribution in [0.2, 0.25) is 5.15 Å². The minimum Gasteiger partial charge on any atom is -0.478 e. The fourth-order valence-electron chi connectivity index (χ4n) is 3.41. The van der Waals surface area contributed by atoms with Gasteiger partial charge in [-0.1, -0.05) is 22.8 Å². The summed E-state index contributed by atoms with van der Waals surface area (Å²) in [5.74, 6) is -0.733. The summed E-state index contributed by atoms with van der Waals surface area (Å²) in [5, 5.41) is 11.2. The Morgan fingerprint density at radius 2 is 2.09 bits per heavy atom. The van der Waals surface area contributed by atoms with Gasteiger partial charge in [0.1, 0.15) is 16.7 Å². The molecule has 0 fully saturated rings. The number of aryl methyl sites for hydroxylation is 1. The van der Waals surface area contributed by atoms with E-state index in [0.29, 0.717) is 23.3 Å². The summed E-state index contributed by atoms with van der Waals surface area (Å²) in [7, 11) is 1.77. The minimum atomic E-state index is -0.857. The highest BCUT2D eigenvalue weighted by atomic mass is 35.5. The zero-order valence-electron chi connectivity index (χ0n) is 18.6. The number of carbonyl (C=O) groups is 1. The highest BCUT2D eigenvalue weighted by molar-refractivity contribution is 6.29. The molecule has 0 saturated carbocycles. The van der Waals surface area contributed by atoms with Crippen LogP contribution in [-0.2, 0) is 12.5 Å². The topological polar surface area (TPSA) is 121 Å². The van der Waals surface area contributed by atoms with E-state index < -0.39 is 17.1 Å². The van der Waals surface area contributed by atoms with Crippen molar-refractivity contribution in [2.75, 3.05) is 13.2 Å². The number of amides is 1. The molecule has 0 aliphatic rings. The van der Waals surface area contributed by atoms with E-state index in [2.05, 4.69) is 30.5 Å². The lowest BCUT2D eigenvalue weighted by Gasteiger charge is -2.29. The molecule has 1 unspecified atom stereocenters. The number of nitrogens with one attached hydrogen (secondary N) is 1. The fraction of sp³-hybridized carbons (Fsp3) is 0.273. The van der Waals surface area contributed by atoms with Crippen molar-refractivity contribution in [1.82, 2.24) is 35.2 Å². The number of pyridine rings is 2. The highest BCUT2D eigenvalue weighted by Gasteiger charge is 2.37. The molecule has 34 heavy (non-hydrogen) atoms. The summed E-state index contributed by atoms with van der Waals surface area (Å²) >= 11 is 6.16. The summed E-state index contributed by atoms with van der Waals surface area (Å²) in [5.41, 5.74) is 0.720. The van der Waals surface area contributed by atoms with Crippen molar-refractivity contribution >= 4 is 17.5 Å². The average molecular weight is 486 g/mol. The van der Waals surface area contributed by atoms with Crippen LogP contribution < -0.4 is 10.1 Å². The van der Waals surface area contributed by atoms with Crippen LogP contribution in [0.3, 0.4) is 0 Å². The number of rotatable bonds is 8. The molecular weight excluding hydrogens is 465 g/mol. The van der Waals surface area contributed by atoms with Gasteiger partial charge in [0.2, 0.25) is 5.88 Å². The molecule has 4 rings (SSSR count). The number of nitrogens with zero attached hydrogens (tertiary/aromatic N) is 6. The molecule has 4 aromatic heterocycles. The Labute approximate surface area is 199 Å². The standard InChI is InChI=1S/C22H21ClFN7O3/c1-4-33-21-14(11-27-31(21)3)22(2,16-6-5-7-17(23)28-16)12-26-19(32)18-29-20(34-30-18)15-9-8-13(24)10-25-15/h5-11H,4,12H2,1-3H3,(H,26,32). The first-order chi connectivity index (χ1) is 16.3. The van der Waals surface area contributed by atoms with Gasteiger partial charge in [0.15, 0.2) is 0 Å². The molecule has 0 saturated heterocycles. The first-order valence-electron chi connectivity index (χ1n) is 10.3. The maximum Gasteiger partial charge on any atom is 0.292 e. The molecule has 12 heteroatoms. The van der Waals surface area contributed by atoms with Gasteiger partial charge in [-0.25, -0.2) is 19.0 Å². The van der Waals surface area contributed by atoms with Crippen molar-refractivity contribution in [1.29, 1.82) is 0 Å². The minimum absolute atomic E-state index is 0.00434. The van der Waals surface area contributed by atoms with Gasteiger partial charge in [0.05, 0.1) is 30.1 Å². The van der Waals surface area contributed by atoms with Gasteiger partial charge in [-0.15, -0.1) is 0 Å². The van der Waals surface area contributed by atoms with E-state index in [1.807, 2.05) is 19.9 Å². The van der Waals surface area contributed by atoms with Gasteiger partial charge in [-0.2, -0.15) is 10.1 Å². The Bertz CT molecular complexity index is 1310. The highest BCUT2D eigenvalue weighted by Crippen LogP contribution is 2.36. The molecule has 1 N–H and O–H groups in total. The Morgan fingerprint density at radius 1 is 1.26 bits per heavy atom. The van der Waals surface area contributed by atoms with E-state index in [9.17, 15) is 9.18 Å². The third kappa shape index (κ3) is 4.60.